The van der Waals surface area contributed by atoms with E-state index in [1.807, 2.05) is 6.92 Å². The number of aromatic nitrogens is 2. The smallest absolute Gasteiger partial charge is 0.356 e. The van der Waals surface area contributed by atoms with Gasteiger partial charge in [-0.25, -0.2) is 4.79 Å². The first-order valence-electron chi connectivity index (χ1n) is 4.70. The Morgan fingerprint density at radius 3 is 2.43 bits per heavy atom. The third kappa shape index (κ3) is 1.95. The fourth-order valence-electron chi connectivity index (χ4n) is 1.36. The zero-order chi connectivity index (χ0) is 10.9. The number of rotatable bonds is 3. The number of carboxylic acid groups (broad SMARTS) is 1. The van der Waals surface area contributed by atoms with Crippen LogP contribution in [-0.4, -0.2) is 20.9 Å². The van der Waals surface area contributed by atoms with Gasteiger partial charge < -0.3 is 5.11 Å². The highest BCUT2D eigenvalue weighted by molar-refractivity contribution is 5.87. The number of hydrogen-bond donors (Lipinski definition) is 1. The van der Waals surface area contributed by atoms with Crippen LogP contribution in [0.5, 0.6) is 0 Å². The van der Waals surface area contributed by atoms with Gasteiger partial charge in [0.15, 0.2) is 5.69 Å². The van der Waals surface area contributed by atoms with Gasteiger partial charge in [0.05, 0.1) is 0 Å². The molecule has 0 unspecified atom stereocenters. The summed E-state index contributed by atoms with van der Waals surface area (Å²) in [6.07, 6.45) is 0. The third-order valence-electron chi connectivity index (χ3n) is 2.25. The molecule has 1 heterocycles. The van der Waals surface area contributed by atoms with Gasteiger partial charge in [-0.05, 0) is 19.8 Å². The van der Waals surface area contributed by atoms with E-state index < -0.39 is 5.97 Å². The zero-order valence-corrected chi connectivity index (χ0v) is 9.03. The first-order chi connectivity index (χ1) is 6.43. The molecular formula is C10H16N2O2. The molecule has 0 aliphatic carbocycles. The van der Waals surface area contributed by atoms with Gasteiger partial charge in [0.2, 0.25) is 0 Å². The maximum absolute atomic E-state index is 10.8. The van der Waals surface area contributed by atoms with Crippen LogP contribution in [-0.2, 0) is 6.54 Å². The fraction of sp³-hybridized carbons (Fsp3) is 0.600. The molecule has 0 amide bonds. The quantitative estimate of drug-likeness (QED) is 0.802. The summed E-state index contributed by atoms with van der Waals surface area (Å²) in [5, 5.41) is 12.9. The molecule has 78 valence electrons. The Balaban J connectivity index is 3.08. The molecule has 0 atom stereocenters. The van der Waals surface area contributed by atoms with Gasteiger partial charge in [-0.1, -0.05) is 13.8 Å². The van der Waals surface area contributed by atoms with Crippen LogP contribution >= 0.6 is 0 Å². The van der Waals surface area contributed by atoms with Gasteiger partial charge in [-0.15, -0.1) is 0 Å². The van der Waals surface area contributed by atoms with Crippen LogP contribution in [0.1, 0.15) is 35.6 Å². The van der Waals surface area contributed by atoms with E-state index in [0.717, 1.165) is 17.8 Å². The Morgan fingerprint density at radius 1 is 1.50 bits per heavy atom. The molecule has 0 spiro atoms. The van der Waals surface area contributed by atoms with Crippen molar-refractivity contribution in [2.45, 2.75) is 34.2 Å². The van der Waals surface area contributed by atoms with Crippen LogP contribution in [0.3, 0.4) is 0 Å². The maximum atomic E-state index is 10.8. The SMILES string of the molecule is Cc1c(C(=O)O)nn(CC(C)C)c1C. The molecule has 4 heteroatoms. The van der Waals surface area contributed by atoms with E-state index in [-0.39, 0.29) is 5.69 Å². The van der Waals surface area contributed by atoms with E-state index in [4.69, 9.17) is 5.11 Å². The molecule has 1 aromatic rings. The summed E-state index contributed by atoms with van der Waals surface area (Å²) in [7, 11) is 0. The van der Waals surface area contributed by atoms with E-state index in [9.17, 15) is 4.79 Å². The monoisotopic (exact) mass is 196 g/mol. The third-order valence-corrected chi connectivity index (χ3v) is 2.25. The fourth-order valence-corrected chi connectivity index (χ4v) is 1.36. The Bertz CT molecular complexity index is 353. The summed E-state index contributed by atoms with van der Waals surface area (Å²) in [6.45, 7) is 8.62. The lowest BCUT2D eigenvalue weighted by Crippen LogP contribution is -2.08. The van der Waals surface area contributed by atoms with Crippen LogP contribution in [0.25, 0.3) is 0 Å². The van der Waals surface area contributed by atoms with Gasteiger partial charge in [0, 0.05) is 17.8 Å². The van der Waals surface area contributed by atoms with E-state index in [1.165, 1.54) is 0 Å². The van der Waals surface area contributed by atoms with Crippen molar-refractivity contribution in [2.24, 2.45) is 5.92 Å². The second kappa shape index (κ2) is 3.82. The van der Waals surface area contributed by atoms with E-state index >= 15 is 0 Å². The van der Waals surface area contributed by atoms with Crippen molar-refractivity contribution in [1.82, 2.24) is 9.78 Å². The number of hydrogen-bond acceptors (Lipinski definition) is 2. The molecule has 0 saturated carbocycles. The summed E-state index contributed by atoms with van der Waals surface area (Å²) in [6, 6.07) is 0. The Kier molecular flexibility index (Phi) is 2.93. The minimum absolute atomic E-state index is 0.170. The second-order valence-corrected chi connectivity index (χ2v) is 3.94. The molecular weight excluding hydrogens is 180 g/mol. The van der Waals surface area contributed by atoms with Gasteiger partial charge in [0.1, 0.15) is 0 Å². The lowest BCUT2D eigenvalue weighted by Gasteiger charge is -2.06. The van der Waals surface area contributed by atoms with Crippen molar-refractivity contribution in [3.63, 3.8) is 0 Å². The van der Waals surface area contributed by atoms with Crippen molar-refractivity contribution in [3.05, 3.63) is 17.0 Å². The predicted octanol–water partition coefficient (Wildman–Crippen LogP) is 1.85. The van der Waals surface area contributed by atoms with Crippen LogP contribution in [0.2, 0.25) is 0 Å². The normalized spacial score (nSPS) is 10.9. The van der Waals surface area contributed by atoms with E-state index in [1.54, 1.807) is 11.6 Å². The molecule has 1 rings (SSSR count). The minimum Gasteiger partial charge on any atom is -0.476 e. The minimum atomic E-state index is -0.951. The topological polar surface area (TPSA) is 55.1 Å². The van der Waals surface area contributed by atoms with E-state index in [2.05, 4.69) is 18.9 Å². The van der Waals surface area contributed by atoms with Crippen molar-refractivity contribution in [1.29, 1.82) is 0 Å². The first-order valence-corrected chi connectivity index (χ1v) is 4.70. The van der Waals surface area contributed by atoms with Crippen LogP contribution < -0.4 is 0 Å². The zero-order valence-electron chi connectivity index (χ0n) is 9.03. The summed E-state index contributed by atoms with van der Waals surface area (Å²) in [5.41, 5.74) is 1.87. The molecule has 0 aromatic carbocycles. The van der Waals surface area contributed by atoms with Crippen LogP contribution in [0, 0.1) is 19.8 Å². The number of aromatic carboxylic acids is 1. The highest BCUT2D eigenvalue weighted by atomic mass is 16.4. The summed E-state index contributed by atoms with van der Waals surface area (Å²) < 4.78 is 1.77. The summed E-state index contributed by atoms with van der Waals surface area (Å²) in [4.78, 5) is 10.8. The number of carboxylic acids is 1. The molecule has 0 aliphatic heterocycles. The predicted molar refractivity (Wildman–Crippen MR) is 53.5 cm³/mol. The Hall–Kier alpha value is -1.32. The Morgan fingerprint density at radius 2 is 2.07 bits per heavy atom. The van der Waals surface area contributed by atoms with Crippen LogP contribution in [0.15, 0.2) is 0 Å². The molecule has 0 radical (unpaired) electrons. The average molecular weight is 196 g/mol. The van der Waals surface area contributed by atoms with Gasteiger partial charge in [-0.3, -0.25) is 4.68 Å². The molecule has 0 fully saturated rings. The second-order valence-electron chi connectivity index (χ2n) is 3.94. The van der Waals surface area contributed by atoms with Crippen LogP contribution in [0.4, 0.5) is 0 Å². The van der Waals surface area contributed by atoms with E-state index in [0.29, 0.717) is 5.92 Å². The van der Waals surface area contributed by atoms with Gasteiger partial charge >= 0.3 is 5.97 Å². The van der Waals surface area contributed by atoms with Crippen molar-refractivity contribution < 1.29 is 9.90 Å². The van der Waals surface area contributed by atoms with Crippen molar-refractivity contribution in [3.8, 4) is 0 Å². The van der Waals surface area contributed by atoms with Gasteiger partial charge in [-0.2, -0.15) is 5.10 Å². The van der Waals surface area contributed by atoms with Crippen molar-refractivity contribution in [2.75, 3.05) is 0 Å². The lowest BCUT2D eigenvalue weighted by atomic mass is 10.2. The standard InChI is InChI=1S/C10H16N2O2/c1-6(2)5-12-8(4)7(3)9(11-12)10(13)14/h6H,5H2,1-4H3,(H,13,14). The highest BCUT2D eigenvalue weighted by Gasteiger charge is 2.16. The first kappa shape index (κ1) is 10.8. The number of nitrogens with zero attached hydrogens (tertiary/aromatic N) is 2. The number of carbonyl (C=O) groups is 1. The van der Waals surface area contributed by atoms with Gasteiger partial charge in [0.25, 0.3) is 0 Å². The molecule has 1 aromatic heterocycles. The Labute approximate surface area is 83.5 Å². The maximum Gasteiger partial charge on any atom is 0.356 e. The average Bonchev–Trinajstić information content (AvgIpc) is 2.32. The molecule has 14 heavy (non-hydrogen) atoms. The molecule has 0 saturated heterocycles. The lowest BCUT2D eigenvalue weighted by molar-refractivity contribution is 0.0688. The molecule has 0 aliphatic rings. The molecule has 0 bridgehead atoms. The summed E-state index contributed by atoms with van der Waals surface area (Å²) in [5.74, 6) is -0.484. The highest BCUT2D eigenvalue weighted by Crippen LogP contribution is 2.13. The molecule has 1 N–H and O–H groups in total. The van der Waals surface area contributed by atoms with Crippen molar-refractivity contribution >= 4 is 5.97 Å². The summed E-state index contributed by atoms with van der Waals surface area (Å²) >= 11 is 0. The molecule has 4 nitrogen and oxygen atoms in total. The largest absolute Gasteiger partial charge is 0.476 e.